The summed E-state index contributed by atoms with van der Waals surface area (Å²) in [6, 6.07) is 75.9. The van der Waals surface area contributed by atoms with Gasteiger partial charge in [0.15, 0.2) is 0 Å². The predicted molar refractivity (Wildman–Crippen MR) is 228 cm³/mol. The van der Waals surface area contributed by atoms with Crippen LogP contribution in [0.15, 0.2) is 217 Å². The second-order valence-corrected chi connectivity index (χ2v) is 13.8. The number of furan rings is 1. The maximum Gasteiger partial charge on any atom is 0.135 e. The minimum absolute atomic E-state index is 0.875. The fraction of sp³-hybridized carbons (Fsp3) is 0. The molecule has 2 nitrogen and oxygen atoms in total. The van der Waals surface area contributed by atoms with Crippen LogP contribution in [0.25, 0.3) is 77.2 Å². The lowest BCUT2D eigenvalue weighted by atomic mass is 9.97. The number of benzene rings is 9. The highest BCUT2D eigenvalue weighted by Gasteiger charge is 2.15. The van der Waals surface area contributed by atoms with Crippen molar-refractivity contribution in [2.45, 2.75) is 0 Å². The monoisotopic (exact) mass is 689 g/mol. The fourth-order valence-electron chi connectivity index (χ4n) is 7.66. The summed E-state index contributed by atoms with van der Waals surface area (Å²) in [6.07, 6.45) is 0. The fourth-order valence-corrected chi connectivity index (χ4v) is 7.66. The molecular weight excluding hydrogens is 655 g/mol. The first-order valence-electron chi connectivity index (χ1n) is 18.4. The SMILES string of the molecule is c1ccc(-c2ccc(N(c3ccc(-c4cccc(-c5cc6ccccc6o5)c4)cc3)c3ccc(-c4ccc5c(ccc6ccccc65)c4)cc3)cc2)cc1. The molecule has 0 radical (unpaired) electrons. The van der Waals surface area contributed by atoms with Gasteiger partial charge in [0.2, 0.25) is 0 Å². The molecule has 0 aliphatic rings. The van der Waals surface area contributed by atoms with E-state index >= 15 is 0 Å². The third-order valence-electron chi connectivity index (χ3n) is 10.5. The summed E-state index contributed by atoms with van der Waals surface area (Å²) >= 11 is 0. The minimum atomic E-state index is 0.875. The Balaban J connectivity index is 0.995. The quantitative estimate of drug-likeness (QED) is 0.155. The number of nitrogens with zero attached hydrogens (tertiary/aromatic N) is 1. The van der Waals surface area contributed by atoms with E-state index in [9.17, 15) is 0 Å². The van der Waals surface area contributed by atoms with E-state index in [1.807, 2.05) is 18.2 Å². The van der Waals surface area contributed by atoms with Crippen LogP contribution in [0.2, 0.25) is 0 Å². The zero-order valence-corrected chi connectivity index (χ0v) is 29.6. The largest absolute Gasteiger partial charge is 0.456 e. The molecule has 2 heteroatoms. The Hall–Kier alpha value is -7.16. The lowest BCUT2D eigenvalue weighted by Crippen LogP contribution is -2.09. The van der Waals surface area contributed by atoms with Crippen molar-refractivity contribution in [1.29, 1.82) is 0 Å². The van der Waals surface area contributed by atoms with E-state index in [0.717, 1.165) is 50.5 Å². The zero-order chi connectivity index (χ0) is 35.8. The van der Waals surface area contributed by atoms with E-state index in [2.05, 4.69) is 199 Å². The van der Waals surface area contributed by atoms with E-state index < -0.39 is 0 Å². The topological polar surface area (TPSA) is 16.4 Å². The molecule has 0 unspecified atom stereocenters. The summed E-state index contributed by atoms with van der Waals surface area (Å²) < 4.78 is 6.19. The first-order chi connectivity index (χ1) is 26.7. The van der Waals surface area contributed by atoms with Gasteiger partial charge in [0.1, 0.15) is 11.3 Å². The molecule has 0 saturated carbocycles. The molecule has 0 fully saturated rings. The minimum Gasteiger partial charge on any atom is -0.456 e. The third-order valence-corrected chi connectivity index (χ3v) is 10.5. The van der Waals surface area contributed by atoms with Gasteiger partial charge in [-0.25, -0.2) is 0 Å². The molecule has 0 bridgehead atoms. The summed E-state index contributed by atoms with van der Waals surface area (Å²) in [5.41, 5.74) is 12.3. The first kappa shape index (κ1) is 31.6. The van der Waals surface area contributed by atoms with Gasteiger partial charge in [0, 0.05) is 28.0 Å². The molecule has 0 N–H and O–H groups in total. The maximum absolute atomic E-state index is 6.19. The summed E-state index contributed by atoms with van der Waals surface area (Å²) in [4.78, 5) is 2.33. The Morgan fingerprint density at radius 2 is 0.759 bits per heavy atom. The number of para-hydroxylation sites is 1. The highest BCUT2D eigenvalue weighted by Crippen LogP contribution is 2.39. The van der Waals surface area contributed by atoms with E-state index in [0.29, 0.717) is 0 Å². The Morgan fingerprint density at radius 1 is 0.278 bits per heavy atom. The van der Waals surface area contributed by atoms with Crippen LogP contribution in [-0.2, 0) is 0 Å². The van der Waals surface area contributed by atoms with Crippen LogP contribution >= 0.6 is 0 Å². The number of hydrogen-bond donors (Lipinski definition) is 0. The van der Waals surface area contributed by atoms with E-state index in [1.165, 1.54) is 43.8 Å². The van der Waals surface area contributed by atoms with Crippen LogP contribution in [0.5, 0.6) is 0 Å². The van der Waals surface area contributed by atoms with Gasteiger partial charge in [-0.05, 0) is 116 Å². The molecule has 9 aromatic carbocycles. The average molecular weight is 690 g/mol. The van der Waals surface area contributed by atoms with Crippen molar-refractivity contribution in [3.05, 3.63) is 212 Å². The molecule has 0 aliphatic carbocycles. The van der Waals surface area contributed by atoms with Gasteiger partial charge in [0.25, 0.3) is 0 Å². The molecule has 10 aromatic rings. The summed E-state index contributed by atoms with van der Waals surface area (Å²) in [5, 5.41) is 6.19. The van der Waals surface area contributed by atoms with Gasteiger partial charge in [-0.3, -0.25) is 0 Å². The predicted octanol–water partition coefficient (Wildman–Crippen LogP) is 14.9. The number of fused-ring (bicyclic) bond motifs is 4. The molecule has 0 amide bonds. The lowest BCUT2D eigenvalue weighted by Gasteiger charge is -2.26. The highest BCUT2D eigenvalue weighted by atomic mass is 16.3. The van der Waals surface area contributed by atoms with Gasteiger partial charge in [0.05, 0.1) is 0 Å². The van der Waals surface area contributed by atoms with Crippen molar-refractivity contribution in [2.75, 3.05) is 4.90 Å². The molecular formula is C52H35NO. The Kier molecular flexibility index (Phi) is 7.85. The van der Waals surface area contributed by atoms with Crippen LogP contribution in [0.4, 0.5) is 17.1 Å². The van der Waals surface area contributed by atoms with Gasteiger partial charge in [-0.2, -0.15) is 0 Å². The van der Waals surface area contributed by atoms with Crippen molar-refractivity contribution < 1.29 is 4.42 Å². The molecule has 1 heterocycles. The van der Waals surface area contributed by atoms with E-state index in [-0.39, 0.29) is 0 Å². The molecule has 0 spiro atoms. The van der Waals surface area contributed by atoms with Gasteiger partial charge in [-0.15, -0.1) is 0 Å². The van der Waals surface area contributed by atoms with Crippen LogP contribution < -0.4 is 4.90 Å². The first-order valence-corrected chi connectivity index (χ1v) is 18.4. The lowest BCUT2D eigenvalue weighted by molar-refractivity contribution is 0.631. The van der Waals surface area contributed by atoms with Gasteiger partial charge < -0.3 is 9.32 Å². The van der Waals surface area contributed by atoms with Gasteiger partial charge in [-0.1, -0.05) is 152 Å². The molecule has 254 valence electrons. The number of anilines is 3. The maximum atomic E-state index is 6.19. The molecule has 0 aliphatic heterocycles. The van der Waals surface area contributed by atoms with Crippen LogP contribution in [-0.4, -0.2) is 0 Å². The average Bonchev–Trinajstić information content (AvgIpc) is 3.70. The van der Waals surface area contributed by atoms with Gasteiger partial charge >= 0.3 is 0 Å². The standard InChI is InChI=1S/C52H35NO/c1-2-9-36(10-3-1)37-19-26-46(27-20-37)53(48-30-23-39(24-31-48)42-25-32-50-43(33-42)18-17-40-11-4-6-15-49(40)50)47-28-21-38(22-29-47)41-13-8-14-44(34-41)52-35-45-12-5-7-16-51(45)54-52/h1-35H. The Bertz CT molecular complexity index is 2870. The Labute approximate surface area is 314 Å². The summed E-state index contributed by atoms with van der Waals surface area (Å²) in [6.45, 7) is 0. The zero-order valence-electron chi connectivity index (χ0n) is 29.6. The van der Waals surface area contributed by atoms with Crippen molar-refractivity contribution in [1.82, 2.24) is 0 Å². The van der Waals surface area contributed by atoms with E-state index in [1.54, 1.807) is 0 Å². The molecule has 1 aromatic heterocycles. The van der Waals surface area contributed by atoms with Crippen molar-refractivity contribution in [3.8, 4) is 44.7 Å². The molecule has 54 heavy (non-hydrogen) atoms. The summed E-state index contributed by atoms with van der Waals surface area (Å²) in [5.74, 6) is 0.875. The van der Waals surface area contributed by atoms with Crippen LogP contribution in [0, 0.1) is 0 Å². The number of rotatable bonds is 7. The second-order valence-electron chi connectivity index (χ2n) is 13.8. The number of hydrogen-bond acceptors (Lipinski definition) is 2. The van der Waals surface area contributed by atoms with Crippen molar-refractivity contribution >= 4 is 49.6 Å². The van der Waals surface area contributed by atoms with Crippen LogP contribution in [0.1, 0.15) is 0 Å². The summed E-state index contributed by atoms with van der Waals surface area (Å²) in [7, 11) is 0. The smallest absolute Gasteiger partial charge is 0.135 e. The highest BCUT2D eigenvalue weighted by molar-refractivity contribution is 6.08. The Morgan fingerprint density at radius 3 is 1.44 bits per heavy atom. The van der Waals surface area contributed by atoms with Crippen molar-refractivity contribution in [2.24, 2.45) is 0 Å². The third kappa shape index (κ3) is 5.90. The van der Waals surface area contributed by atoms with E-state index in [4.69, 9.17) is 4.42 Å². The second kappa shape index (κ2) is 13.4. The molecule has 10 rings (SSSR count). The normalized spacial score (nSPS) is 11.3. The molecule has 0 atom stereocenters. The van der Waals surface area contributed by atoms with Crippen LogP contribution in [0.3, 0.4) is 0 Å². The van der Waals surface area contributed by atoms with Crippen molar-refractivity contribution in [3.63, 3.8) is 0 Å². The molecule has 0 saturated heterocycles.